The van der Waals surface area contributed by atoms with Gasteiger partial charge in [-0.3, -0.25) is 0 Å². The molecule has 0 amide bonds. The van der Waals surface area contributed by atoms with E-state index >= 15 is 0 Å². The number of aromatic nitrogens is 3. The third-order valence-corrected chi connectivity index (χ3v) is 4.42. The van der Waals surface area contributed by atoms with E-state index in [2.05, 4.69) is 51.0 Å². The van der Waals surface area contributed by atoms with Crippen LogP contribution in [0.3, 0.4) is 0 Å². The quantitative estimate of drug-likeness (QED) is 0.719. The van der Waals surface area contributed by atoms with Crippen molar-refractivity contribution in [1.29, 1.82) is 0 Å². The summed E-state index contributed by atoms with van der Waals surface area (Å²) in [6, 6.07) is 6.47. The molecular weight excluding hydrogens is 266 g/mol. The van der Waals surface area contributed by atoms with E-state index in [1.807, 2.05) is 10.7 Å². The molecule has 3 aromatic rings. The van der Waals surface area contributed by atoms with Gasteiger partial charge in [0.1, 0.15) is 5.01 Å². The Morgan fingerprint density at radius 2 is 2.00 bits per heavy atom. The van der Waals surface area contributed by atoms with Crippen molar-refractivity contribution in [3.8, 4) is 11.3 Å². The number of aryl methyl sites for hydroxylation is 2. The SMILES string of the molecule is Cc1ccc(-c2cn3nc(CC(C)C)sc3n2)cc1C. The van der Waals surface area contributed by atoms with Gasteiger partial charge in [0.15, 0.2) is 0 Å². The lowest BCUT2D eigenvalue weighted by Crippen LogP contribution is -1.94. The van der Waals surface area contributed by atoms with Crippen LogP contribution in [0.25, 0.3) is 16.2 Å². The van der Waals surface area contributed by atoms with Crippen molar-refractivity contribution in [2.75, 3.05) is 0 Å². The fourth-order valence-electron chi connectivity index (χ4n) is 2.21. The first-order valence-corrected chi connectivity index (χ1v) is 7.77. The van der Waals surface area contributed by atoms with Gasteiger partial charge in [0, 0.05) is 12.0 Å². The molecule has 0 bridgehead atoms. The average Bonchev–Trinajstić information content (AvgIpc) is 2.89. The van der Waals surface area contributed by atoms with E-state index < -0.39 is 0 Å². The van der Waals surface area contributed by atoms with E-state index in [0.717, 1.165) is 27.6 Å². The lowest BCUT2D eigenvalue weighted by Gasteiger charge is -2.02. The van der Waals surface area contributed by atoms with Crippen molar-refractivity contribution < 1.29 is 0 Å². The first kappa shape index (κ1) is 13.3. The monoisotopic (exact) mass is 285 g/mol. The van der Waals surface area contributed by atoms with E-state index in [1.54, 1.807) is 11.3 Å². The summed E-state index contributed by atoms with van der Waals surface area (Å²) >= 11 is 1.69. The number of benzene rings is 1. The van der Waals surface area contributed by atoms with Crippen molar-refractivity contribution in [2.24, 2.45) is 5.92 Å². The Hall–Kier alpha value is -1.68. The van der Waals surface area contributed by atoms with Gasteiger partial charge in [-0.15, -0.1) is 0 Å². The molecule has 1 aromatic carbocycles. The third kappa shape index (κ3) is 2.48. The highest BCUT2D eigenvalue weighted by Crippen LogP contribution is 2.24. The van der Waals surface area contributed by atoms with Gasteiger partial charge < -0.3 is 0 Å². The molecule has 0 unspecified atom stereocenters. The minimum Gasteiger partial charge on any atom is -0.217 e. The van der Waals surface area contributed by atoms with Crippen molar-refractivity contribution in [1.82, 2.24) is 14.6 Å². The molecule has 0 aliphatic carbocycles. The molecule has 2 aromatic heterocycles. The Kier molecular flexibility index (Phi) is 3.34. The maximum Gasteiger partial charge on any atom is 0.212 e. The summed E-state index contributed by atoms with van der Waals surface area (Å²) in [6.45, 7) is 8.69. The Morgan fingerprint density at radius 3 is 2.65 bits per heavy atom. The van der Waals surface area contributed by atoms with Crippen molar-refractivity contribution in [3.63, 3.8) is 0 Å². The largest absolute Gasteiger partial charge is 0.217 e. The first-order valence-electron chi connectivity index (χ1n) is 6.95. The summed E-state index contributed by atoms with van der Waals surface area (Å²) in [7, 11) is 0. The van der Waals surface area contributed by atoms with Crippen LogP contribution in [0.5, 0.6) is 0 Å². The van der Waals surface area contributed by atoms with Gasteiger partial charge in [0.25, 0.3) is 0 Å². The minimum absolute atomic E-state index is 0.630. The summed E-state index contributed by atoms with van der Waals surface area (Å²) in [6.07, 6.45) is 3.05. The van der Waals surface area contributed by atoms with E-state index in [9.17, 15) is 0 Å². The Morgan fingerprint density at radius 1 is 1.20 bits per heavy atom. The van der Waals surface area contributed by atoms with Gasteiger partial charge in [-0.2, -0.15) is 5.10 Å². The molecule has 0 atom stereocenters. The van der Waals surface area contributed by atoms with Crippen LogP contribution >= 0.6 is 11.3 Å². The summed E-state index contributed by atoms with van der Waals surface area (Å²) < 4.78 is 1.91. The number of hydrogen-bond donors (Lipinski definition) is 0. The third-order valence-electron chi connectivity index (χ3n) is 3.47. The van der Waals surface area contributed by atoms with Crippen molar-refractivity contribution in [2.45, 2.75) is 34.1 Å². The highest BCUT2D eigenvalue weighted by Gasteiger charge is 2.11. The molecule has 104 valence electrons. The predicted octanol–water partition coefficient (Wildman–Crippen LogP) is 4.27. The second kappa shape index (κ2) is 5.02. The minimum atomic E-state index is 0.630. The van der Waals surface area contributed by atoms with Gasteiger partial charge >= 0.3 is 0 Å². The molecule has 0 saturated carbocycles. The van der Waals surface area contributed by atoms with E-state index in [4.69, 9.17) is 4.98 Å². The highest BCUT2D eigenvalue weighted by atomic mass is 32.1. The van der Waals surface area contributed by atoms with Crippen LogP contribution in [0.4, 0.5) is 0 Å². The standard InChI is InChI=1S/C16H19N3S/c1-10(2)7-15-18-19-9-14(17-16(19)20-15)13-6-5-11(3)12(4)8-13/h5-6,8-10H,7H2,1-4H3. The second-order valence-electron chi connectivity index (χ2n) is 5.75. The zero-order valence-corrected chi connectivity index (χ0v) is 13.2. The number of fused-ring (bicyclic) bond motifs is 1. The zero-order valence-electron chi connectivity index (χ0n) is 12.3. The number of hydrogen-bond acceptors (Lipinski definition) is 3. The lowest BCUT2D eigenvalue weighted by atomic mass is 10.1. The first-order chi connectivity index (χ1) is 9.52. The molecule has 0 saturated heterocycles. The molecule has 0 fully saturated rings. The van der Waals surface area contributed by atoms with Crippen LogP contribution in [0.2, 0.25) is 0 Å². The maximum absolute atomic E-state index is 4.70. The van der Waals surface area contributed by atoms with Gasteiger partial charge in [-0.05, 0) is 37.0 Å². The topological polar surface area (TPSA) is 30.2 Å². The van der Waals surface area contributed by atoms with Crippen LogP contribution in [0.1, 0.15) is 30.0 Å². The lowest BCUT2D eigenvalue weighted by molar-refractivity contribution is 0.637. The Labute approximate surface area is 123 Å². The highest BCUT2D eigenvalue weighted by molar-refractivity contribution is 7.16. The molecule has 0 spiro atoms. The van der Waals surface area contributed by atoms with Gasteiger partial charge in [0.05, 0.1) is 11.9 Å². The molecule has 20 heavy (non-hydrogen) atoms. The van der Waals surface area contributed by atoms with Crippen LogP contribution in [-0.2, 0) is 6.42 Å². The summed E-state index contributed by atoms with van der Waals surface area (Å²) in [5.74, 6) is 0.630. The normalized spacial score (nSPS) is 11.7. The molecule has 0 N–H and O–H groups in total. The summed E-state index contributed by atoms with van der Waals surface area (Å²) in [5.41, 5.74) is 4.78. The van der Waals surface area contributed by atoms with Crippen LogP contribution in [-0.4, -0.2) is 14.6 Å². The maximum atomic E-state index is 4.70. The molecule has 0 aliphatic heterocycles. The number of nitrogens with zero attached hydrogens (tertiary/aromatic N) is 3. The molecule has 4 heteroatoms. The van der Waals surface area contributed by atoms with Crippen LogP contribution in [0.15, 0.2) is 24.4 Å². The Bertz CT molecular complexity index is 721. The van der Waals surface area contributed by atoms with Gasteiger partial charge in [-0.25, -0.2) is 9.50 Å². The van der Waals surface area contributed by atoms with Crippen LogP contribution in [0, 0.1) is 19.8 Å². The van der Waals surface area contributed by atoms with Gasteiger partial charge in [0.2, 0.25) is 4.96 Å². The Balaban J connectivity index is 1.96. The summed E-state index contributed by atoms with van der Waals surface area (Å²) in [5, 5.41) is 5.77. The van der Waals surface area contributed by atoms with Gasteiger partial charge in [-0.1, -0.05) is 37.3 Å². The molecule has 0 radical (unpaired) electrons. The van der Waals surface area contributed by atoms with E-state index in [0.29, 0.717) is 5.92 Å². The average molecular weight is 285 g/mol. The zero-order chi connectivity index (χ0) is 14.3. The number of rotatable bonds is 3. The molecule has 3 nitrogen and oxygen atoms in total. The van der Waals surface area contributed by atoms with Crippen molar-refractivity contribution in [3.05, 3.63) is 40.5 Å². The fourth-order valence-corrected chi connectivity index (χ4v) is 3.30. The molecule has 3 rings (SSSR count). The smallest absolute Gasteiger partial charge is 0.212 e. The fraction of sp³-hybridized carbons (Fsp3) is 0.375. The molecule has 0 aliphatic rings. The second-order valence-corrected chi connectivity index (χ2v) is 6.79. The molecule has 2 heterocycles. The van der Waals surface area contributed by atoms with E-state index in [-0.39, 0.29) is 0 Å². The molecular formula is C16H19N3S. The van der Waals surface area contributed by atoms with E-state index in [1.165, 1.54) is 11.1 Å². The predicted molar refractivity (Wildman–Crippen MR) is 84.3 cm³/mol. The van der Waals surface area contributed by atoms with Crippen molar-refractivity contribution >= 4 is 16.3 Å². The number of imidazole rings is 1. The summed E-state index contributed by atoms with van der Waals surface area (Å²) in [4.78, 5) is 5.68. The van der Waals surface area contributed by atoms with Crippen LogP contribution < -0.4 is 0 Å².